The summed E-state index contributed by atoms with van der Waals surface area (Å²) in [5.41, 5.74) is -1.10. The molecule has 15 heteroatoms. The Morgan fingerprint density at radius 3 is 2.00 bits per heavy atom. The first-order valence-corrected chi connectivity index (χ1v) is 12.3. The van der Waals surface area contributed by atoms with Crippen LogP contribution in [0, 0.1) is 0 Å². The van der Waals surface area contributed by atoms with Crippen LogP contribution in [0.2, 0.25) is 0 Å². The first-order chi connectivity index (χ1) is 14.2. The Balaban J connectivity index is 2.24. The Kier molecular flexibility index (Phi) is 4.48. The van der Waals surface area contributed by atoms with Crippen LogP contribution in [0.5, 0.6) is 5.75 Å². The van der Waals surface area contributed by atoms with E-state index < -0.39 is 56.5 Å². The first-order valence-electron chi connectivity index (χ1n) is 8.01. The highest BCUT2D eigenvalue weighted by molar-refractivity contribution is 7.87. The number of hydrogen-bond donors (Lipinski definition) is 4. The molecule has 12 nitrogen and oxygen atoms in total. The maximum Gasteiger partial charge on any atom is 0.299 e. The zero-order chi connectivity index (χ0) is 22.9. The Morgan fingerprint density at radius 2 is 1.42 bits per heavy atom. The second kappa shape index (κ2) is 6.52. The summed E-state index contributed by atoms with van der Waals surface area (Å²) in [6.45, 7) is 0. The monoisotopic (exact) mass is 486 g/mol. The highest BCUT2D eigenvalue weighted by Crippen LogP contribution is 2.51. The Labute approximate surface area is 174 Å². The predicted octanol–water partition coefficient (Wildman–Crippen LogP) is 2.68. The van der Waals surface area contributed by atoms with Gasteiger partial charge in [0.2, 0.25) is 0 Å². The highest BCUT2D eigenvalue weighted by Gasteiger charge is 2.31. The van der Waals surface area contributed by atoms with Gasteiger partial charge in [0.05, 0.1) is 4.90 Å². The molecule has 0 unspecified atom stereocenters. The lowest BCUT2D eigenvalue weighted by Gasteiger charge is -2.15. The van der Waals surface area contributed by atoms with E-state index in [1.807, 2.05) is 0 Å². The number of benzene rings is 3. The Bertz CT molecular complexity index is 1660. The molecule has 0 spiro atoms. The molecule has 4 N–H and O–H groups in total. The van der Waals surface area contributed by atoms with E-state index in [4.69, 9.17) is 0 Å². The number of rotatable bonds is 4. The van der Waals surface area contributed by atoms with Crippen molar-refractivity contribution in [2.75, 3.05) is 0 Å². The molecule has 1 aliphatic heterocycles. The molecule has 4 rings (SSSR count). The van der Waals surface area contributed by atoms with Crippen molar-refractivity contribution >= 4 is 52.5 Å². The lowest BCUT2D eigenvalue weighted by atomic mass is 9.96. The summed E-state index contributed by atoms with van der Waals surface area (Å²) in [5, 5.41) is 17.2. The molecule has 0 radical (unpaired) electrons. The van der Waals surface area contributed by atoms with Crippen molar-refractivity contribution in [2.24, 2.45) is 10.2 Å². The number of fused-ring (bicyclic) bond motifs is 3. The summed E-state index contributed by atoms with van der Waals surface area (Å²) in [5.74, 6) is -0.579. The van der Waals surface area contributed by atoms with Crippen LogP contribution in [-0.2, 0) is 30.4 Å². The van der Waals surface area contributed by atoms with E-state index in [0.29, 0.717) is 6.07 Å². The minimum Gasteiger partial charge on any atom is -0.507 e. The maximum atomic E-state index is 12.0. The largest absolute Gasteiger partial charge is 0.507 e. The number of aromatic hydroxyl groups is 1. The average Bonchev–Trinajstić information content (AvgIpc) is 2.95. The molecule has 162 valence electrons. The summed E-state index contributed by atoms with van der Waals surface area (Å²) in [7, 11) is -14.8. The first kappa shape index (κ1) is 21.3. The molecule has 0 saturated carbocycles. The van der Waals surface area contributed by atoms with Crippen molar-refractivity contribution < 1.29 is 44.0 Å². The summed E-state index contributed by atoms with van der Waals surface area (Å²) < 4.78 is 99.2. The fourth-order valence-electron chi connectivity index (χ4n) is 3.31. The second-order valence-electron chi connectivity index (χ2n) is 6.41. The number of phenols is 1. The van der Waals surface area contributed by atoms with Crippen molar-refractivity contribution in [1.29, 1.82) is 0 Å². The van der Waals surface area contributed by atoms with Gasteiger partial charge in [-0.05, 0) is 35.7 Å². The lowest BCUT2D eigenvalue weighted by molar-refractivity contribution is 0.477. The zero-order valence-electron chi connectivity index (χ0n) is 14.8. The van der Waals surface area contributed by atoms with Crippen molar-refractivity contribution in [3.63, 3.8) is 0 Å². The molecule has 0 aromatic heterocycles. The van der Waals surface area contributed by atoms with Crippen molar-refractivity contribution in [3.8, 4) is 16.9 Å². The molecule has 3 aromatic rings. The molecule has 1 heterocycles. The molecule has 31 heavy (non-hydrogen) atoms. The van der Waals surface area contributed by atoms with Crippen molar-refractivity contribution in [2.45, 2.75) is 14.7 Å². The number of azo groups is 1. The van der Waals surface area contributed by atoms with Gasteiger partial charge in [-0.3, -0.25) is 13.7 Å². The van der Waals surface area contributed by atoms with E-state index in [2.05, 4.69) is 10.2 Å². The molecule has 0 aliphatic carbocycles. The third-order valence-electron chi connectivity index (χ3n) is 4.50. The van der Waals surface area contributed by atoms with Crippen LogP contribution in [0.3, 0.4) is 0 Å². The van der Waals surface area contributed by atoms with Crippen LogP contribution in [-0.4, -0.2) is 44.0 Å². The molecule has 3 aromatic carbocycles. The van der Waals surface area contributed by atoms with E-state index in [1.54, 1.807) is 0 Å². The van der Waals surface area contributed by atoms with Gasteiger partial charge in [0.25, 0.3) is 30.4 Å². The predicted molar refractivity (Wildman–Crippen MR) is 105 cm³/mol. The topological polar surface area (TPSA) is 208 Å². The molecule has 0 saturated heterocycles. The minimum absolute atomic E-state index is 0.143. The normalized spacial score (nSPS) is 13.8. The summed E-state index contributed by atoms with van der Waals surface area (Å²) in [6, 6.07) is 5.94. The van der Waals surface area contributed by atoms with Gasteiger partial charge in [-0.2, -0.15) is 25.3 Å². The van der Waals surface area contributed by atoms with Gasteiger partial charge in [0, 0.05) is 16.5 Å². The molecule has 1 aliphatic rings. The summed E-state index contributed by atoms with van der Waals surface area (Å²) in [4.78, 5) is -2.50. The fourth-order valence-corrected chi connectivity index (χ4v) is 5.45. The van der Waals surface area contributed by atoms with Crippen LogP contribution in [0.15, 0.2) is 61.3 Å². The number of phenolic OH excluding ortho intramolecular Hbond substituents is 1. The van der Waals surface area contributed by atoms with E-state index in [-0.39, 0.29) is 27.6 Å². The summed E-state index contributed by atoms with van der Waals surface area (Å²) in [6.07, 6.45) is 0. The third-order valence-corrected chi connectivity index (χ3v) is 7.13. The molecule has 0 fully saturated rings. The zero-order valence-corrected chi connectivity index (χ0v) is 17.3. The quantitative estimate of drug-likeness (QED) is 0.310. The van der Waals surface area contributed by atoms with Gasteiger partial charge < -0.3 is 5.11 Å². The van der Waals surface area contributed by atoms with Crippen molar-refractivity contribution in [1.82, 2.24) is 0 Å². The summed E-state index contributed by atoms with van der Waals surface area (Å²) >= 11 is 0. The van der Waals surface area contributed by atoms with Crippen molar-refractivity contribution in [3.05, 3.63) is 36.4 Å². The smallest absolute Gasteiger partial charge is 0.299 e. The fraction of sp³-hybridized carbons (Fsp3) is 0. The van der Waals surface area contributed by atoms with E-state index in [0.717, 1.165) is 24.3 Å². The Hall–Kier alpha value is -2.95. The van der Waals surface area contributed by atoms with Crippen LogP contribution in [0.1, 0.15) is 0 Å². The van der Waals surface area contributed by atoms with Gasteiger partial charge in [-0.15, -0.1) is 10.2 Å². The third kappa shape index (κ3) is 3.46. The number of nitrogens with zero attached hydrogens (tertiary/aromatic N) is 2. The van der Waals surface area contributed by atoms with Gasteiger partial charge in [-0.1, -0.05) is 6.07 Å². The van der Waals surface area contributed by atoms with E-state index in [1.165, 1.54) is 6.07 Å². The number of hydrogen-bond acceptors (Lipinski definition) is 9. The highest BCUT2D eigenvalue weighted by atomic mass is 32.2. The van der Waals surface area contributed by atoms with E-state index >= 15 is 0 Å². The molecular weight excluding hydrogens is 476 g/mol. The minimum atomic E-state index is -5.11. The van der Waals surface area contributed by atoms with Gasteiger partial charge in [-0.25, -0.2) is 0 Å². The molecular formula is C16H10N2O10S3. The Morgan fingerprint density at radius 1 is 0.742 bits per heavy atom. The standard InChI is InChI=1S/C16H10N2O10S3/c19-11-4-1-7-5-8(29(20,21)22)6-12(30(23,24)25)13(7)14(11)9-2-3-10-16(31(26,27)28)15(9)18-17-10/h1-6,19H,(H,20,21,22)(H,23,24,25)(H,26,27,28). The van der Waals surface area contributed by atoms with Gasteiger partial charge in [0.1, 0.15) is 26.9 Å². The molecule has 2 bridgehead atoms. The van der Waals surface area contributed by atoms with Crippen LogP contribution in [0.4, 0.5) is 11.4 Å². The van der Waals surface area contributed by atoms with Gasteiger partial charge >= 0.3 is 0 Å². The SMILES string of the molecule is O=S(=O)(O)c1cc(S(=O)(=O)O)c2c(-c3ccc4c(S(=O)(=O)O)c3N=N4)c(O)ccc2c1. The molecule has 0 atom stereocenters. The van der Waals surface area contributed by atoms with Crippen LogP contribution < -0.4 is 0 Å². The second-order valence-corrected chi connectivity index (χ2v) is 10.6. The van der Waals surface area contributed by atoms with Crippen LogP contribution in [0.25, 0.3) is 21.9 Å². The van der Waals surface area contributed by atoms with Crippen LogP contribution >= 0.6 is 0 Å². The lowest BCUT2D eigenvalue weighted by Crippen LogP contribution is -2.05. The maximum absolute atomic E-state index is 12.0. The van der Waals surface area contributed by atoms with E-state index in [9.17, 15) is 44.0 Å². The average molecular weight is 486 g/mol. The van der Waals surface area contributed by atoms with Gasteiger partial charge in [0.15, 0.2) is 0 Å². The molecule has 0 amide bonds.